The number of carboxylic acid groups (broad SMARTS) is 1. The Morgan fingerprint density at radius 1 is 1.53 bits per heavy atom. The van der Waals surface area contributed by atoms with Crippen molar-refractivity contribution in [2.45, 2.75) is 20.3 Å². The average molecular weight is 265 g/mol. The van der Waals surface area contributed by atoms with Gasteiger partial charge in [0, 0.05) is 19.2 Å². The fourth-order valence-corrected chi connectivity index (χ4v) is 2.26. The summed E-state index contributed by atoms with van der Waals surface area (Å²) in [6.45, 7) is 5.78. The first-order valence-electron chi connectivity index (χ1n) is 6.54. The predicted molar refractivity (Wildman–Crippen MR) is 70.3 cm³/mol. The van der Waals surface area contributed by atoms with E-state index in [2.05, 4.69) is 9.97 Å². The number of nitrogens with zero attached hydrogens (tertiary/aromatic N) is 3. The fourth-order valence-electron chi connectivity index (χ4n) is 2.26. The highest BCUT2D eigenvalue weighted by molar-refractivity contribution is 5.72. The molecule has 2 atom stereocenters. The minimum atomic E-state index is -0.744. The number of rotatable bonds is 5. The summed E-state index contributed by atoms with van der Waals surface area (Å²) in [6.07, 6.45) is 2.38. The summed E-state index contributed by atoms with van der Waals surface area (Å²) in [5.74, 6) is 0.309. The van der Waals surface area contributed by atoms with E-state index in [1.807, 2.05) is 18.7 Å². The van der Waals surface area contributed by atoms with Crippen molar-refractivity contribution in [3.8, 4) is 5.88 Å². The van der Waals surface area contributed by atoms with Gasteiger partial charge in [-0.2, -0.15) is 0 Å². The normalized spacial score (nSPS) is 22.5. The third-order valence-electron chi connectivity index (χ3n) is 3.34. The number of anilines is 1. The fraction of sp³-hybridized carbons (Fsp3) is 0.615. The second-order valence-electron chi connectivity index (χ2n) is 4.89. The van der Waals surface area contributed by atoms with Gasteiger partial charge < -0.3 is 14.7 Å². The third-order valence-corrected chi connectivity index (χ3v) is 3.34. The first-order valence-corrected chi connectivity index (χ1v) is 6.54. The van der Waals surface area contributed by atoms with E-state index in [-0.39, 0.29) is 11.8 Å². The summed E-state index contributed by atoms with van der Waals surface area (Å²) in [4.78, 5) is 21.3. The van der Waals surface area contributed by atoms with E-state index in [0.29, 0.717) is 25.6 Å². The lowest BCUT2D eigenvalue weighted by atomic mass is 9.99. The van der Waals surface area contributed by atoms with Crippen LogP contribution in [0.3, 0.4) is 0 Å². The molecule has 0 saturated carbocycles. The topological polar surface area (TPSA) is 75.5 Å². The molecule has 2 rings (SSSR count). The van der Waals surface area contributed by atoms with Crippen molar-refractivity contribution in [2.24, 2.45) is 11.8 Å². The highest BCUT2D eigenvalue weighted by Crippen LogP contribution is 2.28. The maximum atomic E-state index is 11.1. The van der Waals surface area contributed by atoms with Crippen molar-refractivity contribution in [2.75, 3.05) is 24.6 Å². The number of carbonyl (C=O) groups is 1. The molecule has 0 amide bonds. The number of hydrogen-bond acceptors (Lipinski definition) is 5. The van der Waals surface area contributed by atoms with Crippen LogP contribution in [0.15, 0.2) is 12.4 Å². The van der Waals surface area contributed by atoms with Crippen LogP contribution in [-0.2, 0) is 4.79 Å². The van der Waals surface area contributed by atoms with Crippen molar-refractivity contribution in [1.29, 1.82) is 0 Å². The molecule has 6 nitrogen and oxygen atoms in total. The average Bonchev–Trinajstić information content (AvgIpc) is 2.79. The molecule has 6 heteroatoms. The summed E-state index contributed by atoms with van der Waals surface area (Å²) in [7, 11) is 0. The van der Waals surface area contributed by atoms with Gasteiger partial charge in [0.15, 0.2) is 0 Å². The van der Waals surface area contributed by atoms with E-state index in [1.54, 1.807) is 6.07 Å². The minimum Gasteiger partial charge on any atom is -0.481 e. The van der Waals surface area contributed by atoms with Crippen molar-refractivity contribution in [1.82, 2.24) is 9.97 Å². The van der Waals surface area contributed by atoms with Gasteiger partial charge in [0.2, 0.25) is 5.88 Å². The predicted octanol–water partition coefficient (Wildman–Crippen LogP) is 1.42. The van der Waals surface area contributed by atoms with Gasteiger partial charge in [-0.1, -0.05) is 13.8 Å². The molecule has 1 aliphatic heterocycles. The molecule has 1 aromatic heterocycles. The van der Waals surface area contributed by atoms with Crippen LogP contribution < -0.4 is 9.64 Å². The molecule has 0 bridgehead atoms. The molecule has 2 heterocycles. The van der Waals surface area contributed by atoms with Gasteiger partial charge in [-0.25, -0.2) is 9.97 Å². The first kappa shape index (κ1) is 13.6. The maximum absolute atomic E-state index is 11.1. The van der Waals surface area contributed by atoms with Crippen LogP contribution in [-0.4, -0.2) is 40.7 Å². The van der Waals surface area contributed by atoms with E-state index in [4.69, 9.17) is 9.84 Å². The molecular weight excluding hydrogens is 246 g/mol. The number of aromatic nitrogens is 2. The van der Waals surface area contributed by atoms with E-state index < -0.39 is 5.97 Å². The zero-order valence-corrected chi connectivity index (χ0v) is 11.2. The van der Waals surface area contributed by atoms with Crippen LogP contribution in [0.5, 0.6) is 5.88 Å². The number of ether oxygens (including phenoxy) is 1. The SMILES string of the molecule is CCCOc1cc(N2C[C@@H](C)[C@H](C(=O)O)C2)ncn1. The molecule has 0 aliphatic carbocycles. The molecule has 0 unspecified atom stereocenters. The summed E-state index contributed by atoms with van der Waals surface area (Å²) >= 11 is 0. The lowest BCUT2D eigenvalue weighted by Gasteiger charge is -2.17. The van der Waals surface area contributed by atoms with Crippen LogP contribution in [0, 0.1) is 11.8 Å². The lowest BCUT2D eigenvalue weighted by molar-refractivity contribution is -0.142. The summed E-state index contributed by atoms with van der Waals surface area (Å²) < 4.78 is 5.46. The molecule has 19 heavy (non-hydrogen) atoms. The van der Waals surface area contributed by atoms with Crippen molar-refractivity contribution in [3.63, 3.8) is 0 Å². The lowest BCUT2D eigenvalue weighted by Crippen LogP contribution is -2.23. The summed E-state index contributed by atoms with van der Waals surface area (Å²) in [6, 6.07) is 1.77. The van der Waals surface area contributed by atoms with Gasteiger partial charge in [0.05, 0.1) is 12.5 Å². The molecule has 1 aromatic rings. The molecule has 0 aromatic carbocycles. The number of aliphatic carboxylic acids is 1. The second kappa shape index (κ2) is 5.86. The molecule has 1 saturated heterocycles. The molecule has 1 fully saturated rings. The zero-order valence-electron chi connectivity index (χ0n) is 11.2. The van der Waals surface area contributed by atoms with Crippen LogP contribution in [0.4, 0.5) is 5.82 Å². The Morgan fingerprint density at radius 3 is 2.95 bits per heavy atom. The van der Waals surface area contributed by atoms with Crippen LogP contribution in [0.25, 0.3) is 0 Å². The van der Waals surface area contributed by atoms with Crippen LogP contribution in [0.1, 0.15) is 20.3 Å². The summed E-state index contributed by atoms with van der Waals surface area (Å²) in [5, 5.41) is 9.13. The van der Waals surface area contributed by atoms with E-state index in [9.17, 15) is 4.79 Å². The van der Waals surface area contributed by atoms with E-state index in [1.165, 1.54) is 6.33 Å². The second-order valence-corrected chi connectivity index (χ2v) is 4.89. The van der Waals surface area contributed by atoms with Gasteiger partial charge in [-0.15, -0.1) is 0 Å². The van der Waals surface area contributed by atoms with E-state index >= 15 is 0 Å². The largest absolute Gasteiger partial charge is 0.481 e. The molecule has 0 radical (unpaired) electrons. The van der Waals surface area contributed by atoms with Crippen molar-refractivity contribution >= 4 is 11.8 Å². The first-order chi connectivity index (χ1) is 9.11. The Kier molecular flexibility index (Phi) is 4.19. The number of hydrogen-bond donors (Lipinski definition) is 1. The van der Waals surface area contributed by atoms with Gasteiger partial charge in [-0.3, -0.25) is 4.79 Å². The Hall–Kier alpha value is -1.85. The monoisotopic (exact) mass is 265 g/mol. The highest BCUT2D eigenvalue weighted by atomic mass is 16.5. The quantitative estimate of drug-likeness (QED) is 0.867. The summed E-state index contributed by atoms with van der Waals surface area (Å²) in [5.41, 5.74) is 0. The Balaban J connectivity index is 2.08. The van der Waals surface area contributed by atoms with Crippen molar-refractivity contribution < 1.29 is 14.6 Å². The van der Waals surface area contributed by atoms with Crippen LogP contribution in [0.2, 0.25) is 0 Å². The van der Waals surface area contributed by atoms with Gasteiger partial charge in [0.1, 0.15) is 12.1 Å². The van der Waals surface area contributed by atoms with Gasteiger partial charge in [0.25, 0.3) is 0 Å². The Morgan fingerprint density at radius 2 is 2.32 bits per heavy atom. The molecule has 1 N–H and O–H groups in total. The van der Waals surface area contributed by atoms with Crippen molar-refractivity contribution in [3.05, 3.63) is 12.4 Å². The standard InChI is InChI=1S/C13H19N3O3/c1-3-4-19-12-5-11(14-8-15-12)16-6-9(2)10(7-16)13(17)18/h5,8-10H,3-4,6-7H2,1-2H3,(H,17,18)/t9-,10-/m1/s1. The van der Waals surface area contributed by atoms with Gasteiger partial charge in [-0.05, 0) is 12.3 Å². The zero-order chi connectivity index (χ0) is 13.8. The highest BCUT2D eigenvalue weighted by Gasteiger charge is 2.35. The molecular formula is C13H19N3O3. The molecule has 104 valence electrons. The minimum absolute atomic E-state index is 0.118. The Labute approximate surface area is 112 Å². The smallest absolute Gasteiger partial charge is 0.308 e. The van der Waals surface area contributed by atoms with Crippen LogP contribution >= 0.6 is 0 Å². The molecule has 1 aliphatic rings. The van der Waals surface area contributed by atoms with E-state index in [0.717, 1.165) is 12.2 Å². The molecule has 0 spiro atoms. The third kappa shape index (κ3) is 3.13. The Bertz CT molecular complexity index is 453. The number of carboxylic acids is 1. The maximum Gasteiger partial charge on any atom is 0.308 e. The van der Waals surface area contributed by atoms with Gasteiger partial charge >= 0.3 is 5.97 Å².